The lowest BCUT2D eigenvalue weighted by Gasteiger charge is -2.18. The Morgan fingerprint density at radius 2 is 2.00 bits per heavy atom. The zero-order valence-electron chi connectivity index (χ0n) is 8.15. The van der Waals surface area contributed by atoms with Crippen molar-refractivity contribution < 1.29 is 0 Å². The molecule has 1 aliphatic rings. The number of hydrogen-bond acceptors (Lipinski definition) is 2. The molecule has 2 N–H and O–H groups in total. The second-order valence-corrected chi connectivity index (χ2v) is 4.46. The molecule has 2 nitrogen and oxygen atoms in total. The van der Waals surface area contributed by atoms with Crippen LogP contribution in [0.25, 0.3) is 0 Å². The first-order valence-electron chi connectivity index (χ1n) is 4.52. The zero-order valence-corrected chi connectivity index (χ0v) is 8.15. The van der Waals surface area contributed by atoms with Gasteiger partial charge in [0.1, 0.15) is 0 Å². The van der Waals surface area contributed by atoms with Crippen LogP contribution >= 0.6 is 0 Å². The molecule has 12 heavy (non-hydrogen) atoms. The molecular formula is C10H18N2. The first kappa shape index (κ1) is 9.30. The highest BCUT2D eigenvalue weighted by Gasteiger charge is 2.24. The Balaban J connectivity index is 2.25. The topological polar surface area (TPSA) is 35.9 Å². The summed E-state index contributed by atoms with van der Waals surface area (Å²) in [6.07, 6.45) is 6.18. The lowest BCUT2D eigenvalue weighted by Crippen LogP contribution is -2.31. The Bertz CT molecular complexity index is 194. The van der Waals surface area contributed by atoms with E-state index in [1.165, 1.54) is 12.8 Å². The van der Waals surface area contributed by atoms with Gasteiger partial charge in [0, 0.05) is 17.2 Å². The fourth-order valence-electron chi connectivity index (χ4n) is 0.912. The van der Waals surface area contributed by atoms with E-state index in [1.807, 2.05) is 12.3 Å². The van der Waals surface area contributed by atoms with E-state index in [0.29, 0.717) is 5.92 Å². The summed E-state index contributed by atoms with van der Waals surface area (Å²) in [5.41, 5.74) is 0.882. The van der Waals surface area contributed by atoms with Crippen LogP contribution in [0.4, 0.5) is 0 Å². The van der Waals surface area contributed by atoms with Crippen LogP contribution < -0.4 is 5.32 Å². The van der Waals surface area contributed by atoms with Gasteiger partial charge in [-0.2, -0.15) is 0 Å². The minimum Gasteiger partial charge on any atom is -0.386 e. The summed E-state index contributed by atoms with van der Waals surface area (Å²) in [4.78, 5) is 0. The smallest absolute Gasteiger partial charge is 0.0359 e. The lowest BCUT2D eigenvalue weighted by atomic mass is 10.1. The molecule has 1 aliphatic carbocycles. The lowest BCUT2D eigenvalue weighted by molar-refractivity contribution is 0.491. The van der Waals surface area contributed by atoms with Gasteiger partial charge in [-0.25, -0.2) is 0 Å². The van der Waals surface area contributed by atoms with Crippen molar-refractivity contribution in [2.75, 3.05) is 0 Å². The first-order chi connectivity index (χ1) is 5.49. The molecule has 0 radical (unpaired) electrons. The van der Waals surface area contributed by atoms with Gasteiger partial charge in [0.2, 0.25) is 0 Å². The highest BCUT2D eigenvalue weighted by molar-refractivity contribution is 5.95. The molecule has 0 bridgehead atoms. The van der Waals surface area contributed by atoms with Crippen molar-refractivity contribution in [3.8, 4) is 0 Å². The third kappa shape index (κ3) is 3.56. The molecule has 0 amide bonds. The third-order valence-corrected chi connectivity index (χ3v) is 1.80. The average Bonchev–Trinajstić information content (AvgIpc) is 2.64. The third-order valence-electron chi connectivity index (χ3n) is 1.80. The van der Waals surface area contributed by atoms with E-state index in [2.05, 4.69) is 26.1 Å². The summed E-state index contributed by atoms with van der Waals surface area (Å²) in [5, 5.41) is 10.8. The Morgan fingerprint density at radius 1 is 1.42 bits per heavy atom. The number of allylic oxidation sites excluding steroid dienone is 1. The van der Waals surface area contributed by atoms with Gasteiger partial charge in [-0.15, -0.1) is 0 Å². The standard InChI is InChI=1S/C10H18N2/c1-10(2,3)12-7-6-9(11)8-4-5-8/h6-8,11-12H,4-5H2,1-3H3/b7-6-,11-9?. The predicted octanol–water partition coefficient (Wildman–Crippen LogP) is 2.32. The van der Waals surface area contributed by atoms with E-state index in [0.717, 1.165) is 5.71 Å². The molecule has 0 unspecified atom stereocenters. The van der Waals surface area contributed by atoms with E-state index in [9.17, 15) is 0 Å². The molecule has 0 aromatic rings. The van der Waals surface area contributed by atoms with Gasteiger partial charge in [0.15, 0.2) is 0 Å². The van der Waals surface area contributed by atoms with Gasteiger partial charge < -0.3 is 10.7 Å². The van der Waals surface area contributed by atoms with Crippen LogP contribution in [-0.2, 0) is 0 Å². The summed E-state index contributed by atoms with van der Waals surface area (Å²) in [7, 11) is 0. The quantitative estimate of drug-likeness (QED) is 0.620. The molecular weight excluding hydrogens is 148 g/mol. The summed E-state index contributed by atoms with van der Waals surface area (Å²) in [6.45, 7) is 6.33. The maximum Gasteiger partial charge on any atom is 0.0359 e. The molecule has 0 atom stereocenters. The summed E-state index contributed by atoms with van der Waals surface area (Å²) >= 11 is 0. The molecule has 1 saturated carbocycles. The summed E-state index contributed by atoms with van der Waals surface area (Å²) in [5.74, 6) is 0.558. The highest BCUT2D eigenvalue weighted by atomic mass is 14.9. The maximum atomic E-state index is 7.59. The van der Waals surface area contributed by atoms with E-state index >= 15 is 0 Å². The number of nitrogens with one attached hydrogen (secondary N) is 2. The van der Waals surface area contributed by atoms with Gasteiger partial charge in [-0.3, -0.25) is 0 Å². The van der Waals surface area contributed by atoms with Crippen molar-refractivity contribution in [1.82, 2.24) is 5.32 Å². The van der Waals surface area contributed by atoms with Crippen LogP contribution in [0.3, 0.4) is 0 Å². The van der Waals surface area contributed by atoms with Crippen LogP contribution in [0.15, 0.2) is 12.3 Å². The van der Waals surface area contributed by atoms with Crippen LogP contribution in [0.2, 0.25) is 0 Å². The molecule has 0 aromatic heterocycles. The van der Waals surface area contributed by atoms with E-state index in [1.54, 1.807) is 0 Å². The minimum absolute atomic E-state index is 0.111. The predicted molar refractivity (Wildman–Crippen MR) is 52.5 cm³/mol. The molecule has 0 aliphatic heterocycles. The van der Waals surface area contributed by atoms with Crippen molar-refractivity contribution in [2.24, 2.45) is 5.92 Å². The van der Waals surface area contributed by atoms with Gasteiger partial charge in [-0.05, 0) is 45.9 Å². The Hall–Kier alpha value is -0.790. The Labute approximate surface area is 74.6 Å². The Morgan fingerprint density at radius 3 is 2.42 bits per heavy atom. The average molecular weight is 166 g/mol. The van der Waals surface area contributed by atoms with Crippen LogP contribution in [-0.4, -0.2) is 11.3 Å². The highest BCUT2D eigenvalue weighted by Crippen LogP contribution is 2.30. The van der Waals surface area contributed by atoms with Gasteiger partial charge in [0.25, 0.3) is 0 Å². The van der Waals surface area contributed by atoms with Crippen molar-refractivity contribution in [3.05, 3.63) is 12.3 Å². The molecule has 2 heteroatoms. The molecule has 1 rings (SSSR count). The SMILES string of the molecule is CC(C)(C)N/C=C\C(=N)C1CC1. The molecule has 0 spiro atoms. The van der Waals surface area contributed by atoms with Crippen molar-refractivity contribution in [1.29, 1.82) is 5.41 Å². The van der Waals surface area contributed by atoms with Crippen LogP contribution in [0, 0.1) is 11.3 Å². The fourth-order valence-corrected chi connectivity index (χ4v) is 0.912. The Kier molecular flexibility index (Phi) is 2.55. The monoisotopic (exact) mass is 166 g/mol. The van der Waals surface area contributed by atoms with Gasteiger partial charge in [0.05, 0.1) is 0 Å². The van der Waals surface area contributed by atoms with Crippen molar-refractivity contribution in [3.63, 3.8) is 0 Å². The van der Waals surface area contributed by atoms with Gasteiger partial charge in [-0.1, -0.05) is 0 Å². The normalized spacial score (nSPS) is 18.2. The van der Waals surface area contributed by atoms with Crippen LogP contribution in [0.1, 0.15) is 33.6 Å². The second-order valence-electron chi connectivity index (χ2n) is 4.46. The van der Waals surface area contributed by atoms with E-state index in [4.69, 9.17) is 5.41 Å². The largest absolute Gasteiger partial charge is 0.386 e. The molecule has 1 fully saturated rings. The molecule has 68 valence electrons. The van der Waals surface area contributed by atoms with E-state index < -0.39 is 0 Å². The summed E-state index contributed by atoms with van der Waals surface area (Å²) in [6, 6.07) is 0. The maximum absolute atomic E-state index is 7.59. The minimum atomic E-state index is 0.111. The van der Waals surface area contributed by atoms with E-state index in [-0.39, 0.29) is 5.54 Å². The molecule has 0 saturated heterocycles. The number of rotatable bonds is 3. The first-order valence-corrected chi connectivity index (χ1v) is 4.52. The molecule has 0 aromatic carbocycles. The number of hydrogen-bond donors (Lipinski definition) is 2. The second kappa shape index (κ2) is 3.30. The van der Waals surface area contributed by atoms with Crippen LogP contribution in [0.5, 0.6) is 0 Å². The van der Waals surface area contributed by atoms with Crippen molar-refractivity contribution >= 4 is 5.71 Å². The van der Waals surface area contributed by atoms with Gasteiger partial charge >= 0.3 is 0 Å². The van der Waals surface area contributed by atoms with Crippen molar-refractivity contribution in [2.45, 2.75) is 39.2 Å². The fraction of sp³-hybridized carbons (Fsp3) is 0.700. The molecule has 0 heterocycles. The summed E-state index contributed by atoms with van der Waals surface area (Å²) < 4.78 is 0. The zero-order chi connectivity index (χ0) is 9.19.